The van der Waals surface area contributed by atoms with Crippen molar-refractivity contribution in [2.45, 2.75) is 19.8 Å². The third kappa shape index (κ3) is 2.02. The van der Waals surface area contributed by atoms with Crippen molar-refractivity contribution in [3.05, 3.63) is 29.3 Å². The van der Waals surface area contributed by atoms with Gasteiger partial charge in [-0.2, -0.15) is 0 Å². The first-order chi connectivity index (χ1) is 7.33. The van der Waals surface area contributed by atoms with E-state index in [1.54, 1.807) is 0 Å². The summed E-state index contributed by atoms with van der Waals surface area (Å²) in [4.78, 5) is 11.6. The van der Waals surface area contributed by atoms with Gasteiger partial charge in [0.2, 0.25) is 0 Å². The Kier molecular flexibility index (Phi) is 3.02. The Bertz CT molecular complexity index is 371. The predicted octanol–water partition coefficient (Wildman–Crippen LogP) is 2.19. The molecule has 0 heterocycles. The fraction of sp³-hybridized carbons (Fsp3) is 0.417. The van der Waals surface area contributed by atoms with Crippen molar-refractivity contribution in [2.75, 3.05) is 13.4 Å². The predicted molar refractivity (Wildman–Crippen MR) is 56.2 cm³/mol. The Morgan fingerprint density at radius 1 is 1.33 bits per heavy atom. The van der Waals surface area contributed by atoms with Gasteiger partial charge in [0.1, 0.15) is 5.75 Å². The molecule has 80 valence electrons. The molecule has 15 heavy (non-hydrogen) atoms. The molecule has 3 heteroatoms. The van der Waals surface area contributed by atoms with E-state index in [1.165, 1.54) is 0 Å². The molecule has 0 atom stereocenters. The van der Waals surface area contributed by atoms with Crippen LogP contribution in [0.2, 0.25) is 0 Å². The summed E-state index contributed by atoms with van der Waals surface area (Å²) in [6, 6.07) is 5.72. The van der Waals surface area contributed by atoms with E-state index in [4.69, 9.17) is 9.47 Å². The minimum Gasteiger partial charge on any atom is -0.467 e. The van der Waals surface area contributed by atoms with Crippen LogP contribution in [0.5, 0.6) is 5.75 Å². The molecule has 0 aliphatic heterocycles. The van der Waals surface area contributed by atoms with Gasteiger partial charge in [0.15, 0.2) is 12.6 Å². The molecule has 1 aliphatic carbocycles. The van der Waals surface area contributed by atoms with Gasteiger partial charge in [-0.15, -0.1) is 0 Å². The summed E-state index contributed by atoms with van der Waals surface area (Å²) in [6.07, 6.45) is 1.43. The zero-order valence-electron chi connectivity index (χ0n) is 8.79. The van der Waals surface area contributed by atoms with Gasteiger partial charge in [-0.05, 0) is 25.0 Å². The van der Waals surface area contributed by atoms with Crippen LogP contribution in [0.15, 0.2) is 18.2 Å². The van der Waals surface area contributed by atoms with Gasteiger partial charge in [0, 0.05) is 13.0 Å². The lowest BCUT2D eigenvalue weighted by Gasteiger charge is -2.09. The summed E-state index contributed by atoms with van der Waals surface area (Å²) in [7, 11) is 0. The molecule has 0 unspecified atom stereocenters. The molecule has 3 nitrogen and oxygen atoms in total. The number of benzene rings is 1. The number of ketones is 1. The van der Waals surface area contributed by atoms with Gasteiger partial charge >= 0.3 is 0 Å². The van der Waals surface area contributed by atoms with Crippen molar-refractivity contribution in [2.24, 2.45) is 0 Å². The molecule has 1 aromatic carbocycles. The van der Waals surface area contributed by atoms with E-state index in [9.17, 15) is 4.79 Å². The van der Waals surface area contributed by atoms with Gasteiger partial charge in [0.25, 0.3) is 0 Å². The second-order valence-corrected chi connectivity index (χ2v) is 3.47. The fourth-order valence-corrected chi connectivity index (χ4v) is 1.78. The van der Waals surface area contributed by atoms with E-state index in [1.807, 2.05) is 25.1 Å². The molecule has 0 N–H and O–H groups in total. The molecule has 1 aliphatic rings. The highest BCUT2D eigenvalue weighted by Crippen LogP contribution is 2.30. The fourth-order valence-electron chi connectivity index (χ4n) is 1.78. The quantitative estimate of drug-likeness (QED) is 0.559. The summed E-state index contributed by atoms with van der Waals surface area (Å²) in [6.45, 7) is 2.73. The average Bonchev–Trinajstić information content (AvgIpc) is 2.62. The Hall–Kier alpha value is -1.35. The normalized spacial score (nSPS) is 14.1. The number of ether oxygens (including phenoxy) is 2. The largest absolute Gasteiger partial charge is 0.467 e. The van der Waals surface area contributed by atoms with Crippen LogP contribution in [0.3, 0.4) is 0 Å². The van der Waals surface area contributed by atoms with Crippen molar-refractivity contribution < 1.29 is 14.3 Å². The Labute approximate surface area is 89.0 Å². The molecule has 0 saturated heterocycles. The number of carbonyl (C=O) groups excluding carboxylic acids is 1. The minimum atomic E-state index is 0.178. The van der Waals surface area contributed by atoms with Crippen LogP contribution in [0, 0.1) is 0 Å². The molecule has 0 fully saturated rings. The maximum Gasteiger partial charge on any atom is 0.189 e. The number of hydrogen-bond donors (Lipinski definition) is 0. The second kappa shape index (κ2) is 4.45. The zero-order chi connectivity index (χ0) is 10.7. The van der Waals surface area contributed by atoms with E-state index in [0.717, 1.165) is 17.5 Å². The Morgan fingerprint density at radius 3 is 3.00 bits per heavy atom. The van der Waals surface area contributed by atoms with Crippen LogP contribution in [0.25, 0.3) is 0 Å². The average molecular weight is 206 g/mol. The van der Waals surface area contributed by atoms with Gasteiger partial charge in [0.05, 0.1) is 5.56 Å². The number of Topliss-reactive ketones (excluding diaryl/α,β-unsaturated/α-hetero) is 1. The summed E-state index contributed by atoms with van der Waals surface area (Å²) in [5.74, 6) is 0.834. The van der Waals surface area contributed by atoms with Gasteiger partial charge in [-0.3, -0.25) is 4.79 Å². The van der Waals surface area contributed by atoms with Gasteiger partial charge in [-0.25, -0.2) is 0 Å². The minimum absolute atomic E-state index is 0.178. The first kappa shape index (κ1) is 10.2. The van der Waals surface area contributed by atoms with E-state index < -0.39 is 0 Å². The maximum atomic E-state index is 11.6. The van der Waals surface area contributed by atoms with E-state index in [0.29, 0.717) is 18.8 Å². The topological polar surface area (TPSA) is 35.5 Å². The first-order valence-corrected chi connectivity index (χ1v) is 5.18. The van der Waals surface area contributed by atoms with Crippen LogP contribution >= 0.6 is 0 Å². The lowest BCUT2D eigenvalue weighted by molar-refractivity contribution is 0.0220. The lowest BCUT2D eigenvalue weighted by atomic mass is 10.1. The van der Waals surface area contributed by atoms with Gasteiger partial charge in [-0.1, -0.05) is 12.1 Å². The SMILES string of the molecule is CCOCOc1cccc2c1C(=O)CC2. The number of hydrogen-bond acceptors (Lipinski definition) is 3. The molecular weight excluding hydrogens is 192 g/mol. The lowest BCUT2D eigenvalue weighted by Crippen LogP contribution is -2.05. The molecule has 2 rings (SSSR count). The zero-order valence-corrected chi connectivity index (χ0v) is 8.79. The molecule has 0 radical (unpaired) electrons. The molecule has 1 aromatic rings. The van der Waals surface area contributed by atoms with E-state index >= 15 is 0 Å². The van der Waals surface area contributed by atoms with Crippen molar-refractivity contribution in [3.63, 3.8) is 0 Å². The Balaban J connectivity index is 2.17. The number of rotatable bonds is 4. The second-order valence-electron chi connectivity index (χ2n) is 3.47. The monoisotopic (exact) mass is 206 g/mol. The first-order valence-electron chi connectivity index (χ1n) is 5.18. The van der Waals surface area contributed by atoms with Crippen molar-refractivity contribution in [1.82, 2.24) is 0 Å². The summed E-state index contributed by atoms with van der Waals surface area (Å²) >= 11 is 0. The third-order valence-corrected chi connectivity index (χ3v) is 2.51. The molecule has 0 saturated carbocycles. The summed E-state index contributed by atoms with van der Waals surface area (Å²) < 4.78 is 10.5. The Morgan fingerprint density at radius 2 is 2.20 bits per heavy atom. The standard InChI is InChI=1S/C12H14O3/c1-2-14-8-15-11-5-3-4-9-6-7-10(13)12(9)11/h3-5H,2,6-8H2,1H3. The van der Waals surface area contributed by atoms with Crippen LogP contribution in [0.1, 0.15) is 29.3 Å². The van der Waals surface area contributed by atoms with Crippen LogP contribution < -0.4 is 4.74 Å². The maximum absolute atomic E-state index is 11.6. The molecular formula is C12H14O3. The van der Waals surface area contributed by atoms with Gasteiger partial charge < -0.3 is 9.47 Å². The van der Waals surface area contributed by atoms with Crippen molar-refractivity contribution in [1.29, 1.82) is 0 Å². The van der Waals surface area contributed by atoms with Crippen molar-refractivity contribution >= 4 is 5.78 Å². The molecule has 0 spiro atoms. The summed E-state index contributed by atoms with van der Waals surface area (Å²) in [5, 5.41) is 0. The molecule has 0 bridgehead atoms. The molecule has 0 aromatic heterocycles. The third-order valence-electron chi connectivity index (χ3n) is 2.51. The van der Waals surface area contributed by atoms with Crippen LogP contribution in [-0.2, 0) is 11.2 Å². The van der Waals surface area contributed by atoms with E-state index in [-0.39, 0.29) is 12.6 Å². The van der Waals surface area contributed by atoms with Crippen LogP contribution in [0.4, 0.5) is 0 Å². The highest BCUT2D eigenvalue weighted by molar-refractivity contribution is 6.02. The molecule has 0 amide bonds. The highest BCUT2D eigenvalue weighted by Gasteiger charge is 2.23. The number of fused-ring (bicyclic) bond motifs is 1. The summed E-state index contributed by atoms with van der Waals surface area (Å²) in [5.41, 5.74) is 1.84. The number of aryl methyl sites for hydroxylation is 1. The van der Waals surface area contributed by atoms with Crippen LogP contribution in [-0.4, -0.2) is 19.2 Å². The smallest absolute Gasteiger partial charge is 0.189 e. The highest BCUT2D eigenvalue weighted by atomic mass is 16.7. The van der Waals surface area contributed by atoms with E-state index in [2.05, 4.69) is 0 Å². The number of carbonyl (C=O) groups is 1. The van der Waals surface area contributed by atoms with Crippen molar-refractivity contribution in [3.8, 4) is 5.75 Å².